The van der Waals surface area contributed by atoms with Crippen LogP contribution in [0.25, 0.3) is 0 Å². The number of hydrogen-bond acceptors (Lipinski definition) is 3. The first-order valence-electron chi connectivity index (χ1n) is 9.16. The Hall–Kier alpha value is -1.06. The predicted molar refractivity (Wildman–Crippen MR) is 98.4 cm³/mol. The first-order valence-corrected chi connectivity index (χ1v) is 9.16. The highest BCUT2D eigenvalue weighted by molar-refractivity contribution is 5.27. The Morgan fingerprint density at radius 1 is 0.826 bits per heavy atom. The fourth-order valence-electron chi connectivity index (χ4n) is 2.43. The topological polar surface area (TPSA) is 21.7 Å². The molecule has 0 amide bonds. The number of likely N-dealkylation sites (N-methyl/N-ethyl adjacent to an activating group) is 1. The normalized spacial score (nSPS) is 11.1. The fourth-order valence-corrected chi connectivity index (χ4v) is 2.43. The molecule has 0 saturated heterocycles. The van der Waals surface area contributed by atoms with E-state index in [1.54, 1.807) is 0 Å². The molecule has 0 fully saturated rings. The van der Waals surface area contributed by atoms with Gasteiger partial charge in [-0.05, 0) is 44.6 Å². The Kier molecular flexibility index (Phi) is 11.6. The summed E-state index contributed by atoms with van der Waals surface area (Å²) in [6, 6.07) is 8.53. The Morgan fingerprint density at radius 3 is 2.22 bits per heavy atom. The van der Waals surface area contributed by atoms with Crippen molar-refractivity contribution >= 4 is 0 Å². The number of nitrogens with zero attached hydrogens (tertiary/aromatic N) is 1. The van der Waals surface area contributed by atoms with E-state index in [-0.39, 0.29) is 0 Å². The highest BCUT2D eigenvalue weighted by Crippen LogP contribution is 2.15. The lowest BCUT2D eigenvalue weighted by Crippen LogP contribution is -2.19. The summed E-state index contributed by atoms with van der Waals surface area (Å²) in [5.41, 5.74) is 1.41. The van der Waals surface area contributed by atoms with Gasteiger partial charge in [0.05, 0.1) is 13.2 Å². The van der Waals surface area contributed by atoms with Crippen molar-refractivity contribution in [2.75, 3.05) is 40.5 Å². The van der Waals surface area contributed by atoms with Crippen LogP contribution < -0.4 is 4.74 Å². The summed E-state index contributed by atoms with van der Waals surface area (Å²) in [5.74, 6) is 0.938. The molecule has 0 radical (unpaired) electrons. The van der Waals surface area contributed by atoms with Crippen LogP contribution in [0.3, 0.4) is 0 Å². The molecule has 0 aliphatic carbocycles. The summed E-state index contributed by atoms with van der Waals surface area (Å²) in [6.45, 7) is 5.23. The van der Waals surface area contributed by atoms with Gasteiger partial charge in [0.2, 0.25) is 0 Å². The van der Waals surface area contributed by atoms with Crippen molar-refractivity contribution in [2.45, 2.75) is 51.9 Å². The zero-order chi connectivity index (χ0) is 16.8. The molecule has 0 N–H and O–H groups in total. The molecule has 23 heavy (non-hydrogen) atoms. The van der Waals surface area contributed by atoms with Crippen molar-refractivity contribution in [3.05, 3.63) is 29.8 Å². The molecule has 0 unspecified atom stereocenters. The second-order valence-corrected chi connectivity index (χ2v) is 6.43. The number of unbranched alkanes of at least 4 members (excludes halogenated alkanes) is 5. The number of hydrogen-bond donors (Lipinski definition) is 0. The maximum atomic E-state index is 5.70. The molecule has 1 rings (SSSR count). The molecule has 3 nitrogen and oxygen atoms in total. The van der Waals surface area contributed by atoms with Crippen LogP contribution >= 0.6 is 0 Å². The van der Waals surface area contributed by atoms with Crippen molar-refractivity contribution in [3.63, 3.8) is 0 Å². The maximum Gasteiger partial charge on any atom is 0.119 e. The van der Waals surface area contributed by atoms with Gasteiger partial charge in [-0.1, -0.05) is 51.2 Å². The fraction of sp³-hybridized carbons (Fsp3) is 0.700. The molecule has 1 aromatic rings. The van der Waals surface area contributed by atoms with E-state index in [9.17, 15) is 0 Å². The second kappa shape index (κ2) is 13.4. The standard InChI is InChI=1S/C20H35NO2/c1-4-5-6-7-8-9-10-19-11-13-20(14-12-19)23-18-17-22-16-15-21(2)3/h11-14H,4-10,15-18H2,1-3H3. The lowest BCUT2D eigenvalue weighted by atomic mass is 10.0. The van der Waals surface area contributed by atoms with Gasteiger partial charge in [-0.3, -0.25) is 0 Å². The van der Waals surface area contributed by atoms with Crippen LogP contribution in [-0.2, 0) is 11.2 Å². The molecule has 132 valence electrons. The summed E-state index contributed by atoms with van der Waals surface area (Å²) < 4.78 is 11.2. The van der Waals surface area contributed by atoms with E-state index in [0.29, 0.717) is 13.2 Å². The molecule has 0 saturated carbocycles. The average Bonchev–Trinajstić information content (AvgIpc) is 2.55. The van der Waals surface area contributed by atoms with Crippen molar-refractivity contribution in [1.29, 1.82) is 0 Å². The average molecular weight is 322 g/mol. The molecular formula is C20H35NO2. The third kappa shape index (κ3) is 11.2. The third-order valence-electron chi connectivity index (χ3n) is 3.92. The van der Waals surface area contributed by atoms with E-state index in [2.05, 4.69) is 36.1 Å². The minimum absolute atomic E-state index is 0.615. The minimum Gasteiger partial charge on any atom is -0.491 e. The van der Waals surface area contributed by atoms with Crippen molar-refractivity contribution < 1.29 is 9.47 Å². The second-order valence-electron chi connectivity index (χ2n) is 6.43. The van der Waals surface area contributed by atoms with Crippen molar-refractivity contribution in [3.8, 4) is 5.75 Å². The van der Waals surface area contributed by atoms with Gasteiger partial charge >= 0.3 is 0 Å². The summed E-state index contributed by atoms with van der Waals surface area (Å²) >= 11 is 0. The van der Waals surface area contributed by atoms with Crippen LogP contribution in [0.15, 0.2) is 24.3 Å². The van der Waals surface area contributed by atoms with Crippen LogP contribution in [-0.4, -0.2) is 45.4 Å². The first kappa shape index (κ1) is 20.0. The zero-order valence-electron chi connectivity index (χ0n) is 15.4. The van der Waals surface area contributed by atoms with E-state index in [0.717, 1.165) is 18.9 Å². The van der Waals surface area contributed by atoms with Gasteiger partial charge in [0.25, 0.3) is 0 Å². The lowest BCUT2D eigenvalue weighted by Gasteiger charge is -2.11. The van der Waals surface area contributed by atoms with Crippen molar-refractivity contribution in [1.82, 2.24) is 4.90 Å². The largest absolute Gasteiger partial charge is 0.491 e. The Bertz CT molecular complexity index is 376. The molecule has 0 bridgehead atoms. The quantitative estimate of drug-likeness (QED) is 0.469. The van der Waals surface area contributed by atoms with E-state index >= 15 is 0 Å². The molecule has 1 aromatic carbocycles. The Balaban J connectivity index is 2.06. The van der Waals surface area contributed by atoms with Crippen LogP contribution in [0.2, 0.25) is 0 Å². The van der Waals surface area contributed by atoms with Gasteiger partial charge < -0.3 is 14.4 Å². The van der Waals surface area contributed by atoms with Crippen LogP contribution in [0, 0.1) is 0 Å². The smallest absolute Gasteiger partial charge is 0.119 e. The van der Waals surface area contributed by atoms with Gasteiger partial charge in [0.15, 0.2) is 0 Å². The molecular weight excluding hydrogens is 286 g/mol. The molecule has 0 spiro atoms. The summed E-state index contributed by atoms with van der Waals surface area (Å²) in [6.07, 6.45) is 9.29. The van der Waals surface area contributed by atoms with Gasteiger partial charge in [0, 0.05) is 6.54 Å². The summed E-state index contributed by atoms with van der Waals surface area (Å²) in [5, 5.41) is 0. The van der Waals surface area contributed by atoms with Gasteiger partial charge in [-0.2, -0.15) is 0 Å². The van der Waals surface area contributed by atoms with Crippen molar-refractivity contribution in [2.24, 2.45) is 0 Å². The summed E-state index contributed by atoms with van der Waals surface area (Å²) in [4.78, 5) is 2.11. The molecule has 0 atom stereocenters. The highest BCUT2D eigenvalue weighted by Gasteiger charge is 1.97. The van der Waals surface area contributed by atoms with E-state index in [1.165, 1.54) is 50.5 Å². The summed E-state index contributed by atoms with van der Waals surface area (Å²) in [7, 11) is 4.10. The van der Waals surface area contributed by atoms with E-state index in [1.807, 2.05) is 14.1 Å². The monoisotopic (exact) mass is 321 g/mol. The number of rotatable bonds is 14. The first-order chi connectivity index (χ1) is 11.2. The van der Waals surface area contributed by atoms with Crippen LogP contribution in [0.4, 0.5) is 0 Å². The minimum atomic E-state index is 0.615. The number of ether oxygens (including phenoxy) is 2. The molecule has 0 aliphatic rings. The zero-order valence-corrected chi connectivity index (χ0v) is 15.4. The molecule has 0 aromatic heterocycles. The molecule has 0 heterocycles. The SMILES string of the molecule is CCCCCCCCc1ccc(OCCOCCN(C)C)cc1. The van der Waals surface area contributed by atoms with Crippen LogP contribution in [0.5, 0.6) is 5.75 Å². The predicted octanol–water partition coefficient (Wildman–Crippen LogP) is 4.55. The number of aryl methyl sites for hydroxylation is 1. The van der Waals surface area contributed by atoms with Gasteiger partial charge in [-0.15, -0.1) is 0 Å². The van der Waals surface area contributed by atoms with Crippen LogP contribution in [0.1, 0.15) is 51.0 Å². The Labute approximate surface area is 143 Å². The maximum absolute atomic E-state index is 5.70. The molecule has 3 heteroatoms. The number of benzene rings is 1. The Morgan fingerprint density at radius 2 is 1.52 bits per heavy atom. The molecule has 0 aliphatic heterocycles. The lowest BCUT2D eigenvalue weighted by molar-refractivity contribution is 0.0890. The van der Waals surface area contributed by atoms with Gasteiger partial charge in [0.1, 0.15) is 12.4 Å². The highest BCUT2D eigenvalue weighted by atomic mass is 16.5. The third-order valence-corrected chi connectivity index (χ3v) is 3.92. The van der Waals surface area contributed by atoms with Gasteiger partial charge in [-0.25, -0.2) is 0 Å². The van der Waals surface area contributed by atoms with E-state index in [4.69, 9.17) is 9.47 Å². The van der Waals surface area contributed by atoms with E-state index < -0.39 is 0 Å².